The molecule has 0 bridgehead atoms. The van der Waals surface area contributed by atoms with Gasteiger partial charge in [0, 0.05) is 38.8 Å². The van der Waals surface area contributed by atoms with Gasteiger partial charge in [-0.05, 0) is 64.7 Å². The molecule has 2 amide bonds. The van der Waals surface area contributed by atoms with Gasteiger partial charge in [-0.1, -0.05) is 12.2 Å². The molecule has 0 aliphatic carbocycles. The van der Waals surface area contributed by atoms with Gasteiger partial charge in [0.2, 0.25) is 17.8 Å². The van der Waals surface area contributed by atoms with Crippen molar-refractivity contribution in [1.29, 1.82) is 0 Å². The van der Waals surface area contributed by atoms with Crippen LogP contribution in [0.15, 0.2) is 42.5 Å². The summed E-state index contributed by atoms with van der Waals surface area (Å²) in [6.07, 6.45) is 4.55. The number of hydrogen-bond donors (Lipinski definition) is 4. The fourth-order valence-electron chi connectivity index (χ4n) is 5.69. The largest absolute Gasteiger partial charge is 0.494 e. The molecule has 3 heterocycles. The molecule has 5 N–H and O–H groups in total. The Morgan fingerprint density at radius 2 is 1.58 bits per heavy atom. The SMILES string of the molecule is CCn1nc(C)cc1C(=O)Nc1nc2cc(C(N)=O)cc(OCCCN(C)C)c2n1C/C=C/Cn1c(NC)nc2cc(C(=O)O)cc(OC)c21. The van der Waals surface area contributed by atoms with Crippen LogP contribution in [0.25, 0.3) is 22.1 Å². The van der Waals surface area contributed by atoms with E-state index in [0.29, 0.717) is 70.6 Å². The van der Waals surface area contributed by atoms with Crippen molar-refractivity contribution < 1.29 is 29.0 Å². The fraction of sp³-hybridized carbons (Fsp3) is 0.353. The Morgan fingerprint density at radius 3 is 2.18 bits per heavy atom. The van der Waals surface area contributed by atoms with Crippen LogP contribution in [0.4, 0.5) is 11.9 Å². The molecule has 2 aromatic carbocycles. The number of fused-ring (bicyclic) bond motifs is 2. The van der Waals surface area contributed by atoms with E-state index in [-0.39, 0.29) is 23.6 Å². The predicted molar refractivity (Wildman–Crippen MR) is 189 cm³/mol. The number of amides is 2. The zero-order chi connectivity index (χ0) is 36.1. The van der Waals surface area contributed by atoms with Gasteiger partial charge >= 0.3 is 5.97 Å². The second-order valence-corrected chi connectivity index (χ2v) is 11.8. The lowest BCUT2D eigenvalue weighted by atomic mass is 10.1. The smallest absolute Gasteiger partial charge is 0.335 e. The number of nitrogens with one attached hydrogen (secondary N) is 2. The first-order valence-corrected chi connectivity index (χ1v) is 16.1. The van der Waals surface area contributed by atoms with Gasteiger partial charge in [0.25, 0.3) is 5.91 Å². The quantitative estimate of drug-likeness (QED) is 0.0874. The Bertz CT molecular complexity index is 2090. The molecule has 3 aromatic heterocycles. The number of carbonyl (C=O) groups is 3. The number of hydrogen-bond acceptors (Lipinski definition) is 10. The molecule has 5 aromatic rings. The number of carbonyl (C=O) groups excluding carboxylic acids is 2. The molecule has 5 rings (SSSR count). The maximum Gasteiger partial charge on any atom is 0.335 e. The zero-order valence-electron chi connectivity index (χ0n) is 29.0. The van der Waals surface area contributed by atoms with Crippen molar-refractivity contribution in [2.24, 2.45) is 5.73 Å². The Kier molecular flexibility index (Phi) is 10.7. The van der Waals surface area contributed by atoms with E-state index >= 15 is 0 Å². The van der Waals surface area contributed by atoms with Gasteiger partial charge < -0.3 is 39.7 Å². The van der Waals surface area contributed by atoms with Crippen LogP contribution in [0.1, 0.15) is 50.2 Å². The number of imidazole rings is 2. The number of aryl methyl sites for hydroxylation is 2. The predicted octanol–water partition coefficient (Wildman–Crippen LogP) is 3.60. The molecule has 0 fully saturated rings. The normalized spacial score (nSPS) is 11.6. The molecule has 16 nitrogen and oxygen atoms in total. The number of allylic oxidation sites excluding steroid dienone is 2. The van der Waals surface area contributed by atoms with Gasteiger partial charge in [-0.15, -0.1) is 0 Å². The Labute approximate surface area is 288 Å². The first-order valence-electron chi connectivity index (χ1n) is 16.1. The number of nitrogens with two attached hydrogens (primary N) is 1. The molecule has 0 unspecified atom stereocenters. The van der Waals surface area contributed by atoms with Crippen molar-refractivity contribution in [3.05, 3.63) is 65.0 Å². The van der Waals surface area contributed by atoms with E-state index in [2.05, 4.69) is 20.7 Å². The maximum atomic E-state index is 13.6. The number of aromatic nitrogens is 6. The average Bonchev–Trinajstić information content (AvgIpc) is 3.76. The molecule has 0 saturated heterocycles. The highest BCUT2D eigenvalue weighted by atomic mass is 16.5. The summed E-state index contributed by atoms with van der Waals surface area (Å²) >= 11 is 0. The summed E-state index contributed by atoms with van der Waals surface area (Å²) in [7, 11) is 7.16. The Morgan fingerprint density at radius 1 is 0.960 bits per heavy atom. The summed E-state index contributed by atoms with van der Waals surface area (Å²) in [5.41, 5.74) is 9.14. The minimum absolute atomic E-state index is 0.0649. The molecule has 0 aliphatic heterocycles. The van der Waals surface area contributed by atoms with Crippen molar-refractivity contribution in [2.45, 2.75) is 39.9 Å². The highest BCUT2D eigenvalue weighted by molar-refractivity contribution is 6.04. The summed E-state index contributed by atoms with van der Waals surface area (Å²) in [5.74, 6) is -0.582. The zero-order valence-corrected chi connectivity index (χ0v) is 29.0. The fourth-order valence-corrected chi connectivity index (χ4v) is 5.69. The first-order chi connectivity index (χ1) is 23.9. The number of aromatic carboxylic acids is 1. The molecule has 16 heteroatoms. The Hall–Kier alpha value is -5.90. The van der Waals surface area contributed by atoms with Gasteiger partial charge in [-0.3, -0.25) is 19.6 Å². The van der Waals surface area contributed by atoms with Crippen LogP contribution in [0, 0.1) is 6.92 Å². The number of ether oxygens (including phenoxy) is 2. The highest BCUT2D eigenvalue weighted by Crippen LogP contribution is 2.33. The van der Waals surface area contributed by atoms with Gasteiger partial charge in [-0.25, -0.2) is 14.8 Å². The molecular weight excluding hydrogens is 644 g/mol. The second-order valence-electron chi connectivity index (χ2n) is 11.8. The van der Waals surface area contributed by atoms with E-state index in [9.17, 15) is 19.5 Å². The number of primary amides is 1. The van der Waals surface area contributed by atoms with E-state index in [1.54, 1.807) is 34.5 Å². The number of carboxylic acids is 1. The van der Waals surface area contributed by atoms with Crippen molar-refractivity contribution in [3.8, 4) is 11.5 Å². The van der Waals surface area contributed by atoms with Crippen molar-refractivity contribution >= 4 is 51.7 Å². The molecule has 264 valence electrons. The van der Waals surface area contributed by atoms with Gasteiger partial charge in [0.1, 0.15) is 28.2 Å². The van der Waals surface area contributed by atoms with Gasteiger partial charge in [-0.2, -0.15) is 5.10 Å². The minimum atomic E-state index is -1.08. The molecular formula is C34H42N10O6. The van der Waals surface area contributed by atoms with Crippen LogP contribution in [-0.2, 0) is 19.6 Å². The third kappa shape index (κ3) is 7.39. The van der Waals surface area contributed by atoms with Crippen molar-refractivity contribution in [1.82, 2.24) is 33.8 Å². The van der Waals surface area contributed by atoms with Crippen molar-refractivity contribution in [2.75, 3.05) is 52.0 Å². The Balaban J connectivity index is 1.54. The lowest BCUT2D eigenvalue weighted by Gasteiger charge is -2.14. The van der Waals surface area contributed by atoms with E-state index in [4.69, 9.17) is 20.2 Å². The summed E-state index contributed by atoms with van der Waals surface area (Å²) in [5, 5.41) is 20.0. The number of methoxy groups -OCH3 is 1. The number of nitrogens with zero attached hydrogens (tertiary/aromatic N) is 7. The summed E-state index contributed by atoms with van der Waals surface area (Å²) in [6, 6.07) is 7.84. The number of benzene rings is 2. The topological polar surface area (TPSA) is 197 Å². The molecule has 0 aliphatic rings. The van der Waals surface area contributed by atoms with Crippen LogP contribution >= 0.6 is 0 Å². The summed E-state index contributed by atoms with van der Waals surface area (Å²) < 4.78 is 17.1. The van der Waals surface area contributed by atoms with Crippen LogP contribution in [0.2, 0.25) is 0 Å². The van der Waals surface area contributed by atoms with Crippen LogP contribution in [0.5, 0.6) is 11.5 Å². The summed E-state index contributed by atoms with van der Waals surface area (Å²) in [4.78, 5) is 48.9. The lowest BCUT2D eigenvalue weighted by Crippen LogP contribution is -2.20. The molecule has 50 heavy (non-hydrogen) atoms. The standard InChI is InChI=1S/C34H42N10O6/c1-7-44-25(15-20(2)40-44)31(46)39-34-38-23-16-21(30(35)45)18-27(50-14-10-11-41(4)5)29(23)43(34)13-9-8-12-42-28-24(37-33(42)36-3)17-22(32(47)48)19-26(28)49-6/h8-9,15-19H,7,10-14H2,1-6H3,(H2,35,45)(H,36,37)(H,47,48)(H,38,39,46)/b9-8+. The lowest BCUT2D eigenvalue weighted by molar-refractivity contribution is 0.0696. The number of rotatable bonds is 16. The molecule has 0 radical (unpaired) electrons. The van der Waals surface area contributed by atoms with E-state index < -0.39 is 17.8 Å². The molecule has 0 saturated carbocycles. The monoisotopic (exact) mass is 686 g/mol. The van der Waals surface area contributed by atoms with Gasteiger partial charge in [0.15, 0.2) is 0 Å². The third-order valence-electron chi connectivity index (χ3n) is 8.00. The number of anilines is 2. The first kappa shape index (κ1) is 35.4. The van der Waals surface area contributed by atoms with E-state index in [0.717, 1.165) is 13.0 Å². The minimum Gasteiger partial charge on any atom is -0.494 e. The third-order valence-corrected chi connectivity index (χ3v) is 8.00. The van der Waals surface area contributed by atoms with Gasteiger partial charge in [0.05, 0.1) is 36.0 Å². The number of carboxylic acid groups (broad SMARTS) is 1. The molecule has 0 spiro atoms. The maximum absolute atomic E-state index is 13.6. The summed E-state index contributed by atoms with van der Waals surface area (Å²) in [6.45, 7) is 5.99. The van der Waals surface area contributed by atoms with E-state index in [1.807, 2.05) is 49.6 Å². The van der Waals surface area contributed by atoms with Crippen LogP contribution in [-0.4, -0.2) is 98.1 Å². The highest BCUT2D eigenvalue weighted by Gasteiger charge is 2.22. The van der Waals surface area contributed by atoms with E-state index in [1.165, 1.54) is 19.2 Å². The molecule has 0 atom stereocenters. The second kappa shape index (κ2) is 15.1. The average molecular weight is 687 g/mol. The van der Waals surface area contributed by atoms with Crippen molar-refractivity contribution in [3.63, 3.8) is 0 Å². The van der Waals surface area contributed by atoms with Crippen LogP contribution < -0.4 is 25.8 Å². The van der Waals surface area contributed by atoms with Crippen LogP contribution in [0.3, 0.4) is 0 Å².